The van der Waals surface area contributed by atoms with Crippen molar-refractivity contribution in [1.29, 1.82) is 0 Å². The van der Waals surface area contributed by atoms with Crippen LogP contribution in [0.25, 0.3) is 0 Å². The first-order valence-electron chi connectivity index (χ1n) is 9.06. The van der Waals surface area contributed by atoms with Crippen molar-refractivity contribution in [2.75, 3.05) is 24.7 Å². The highest BCUT2D eigenvalue weighted by Gasteiger charge is 2.29. The average molecular weight is 368 g/mol. The van der Waals surface area contributed by atoms with Gasteiger partial charge in [0.05, 0.1) is 22.3 Å². The van der Waals surface area contributed by atoms with Gasteiger partial charge < -0.3 is 14.4 Å². The van der Waals surface area contributed by atoms with E-state index in [4.69, 9.17) is 9.47 Å². The van der Waals surface area contributed by atoms with Crippen LogP contribution < -0.4 is 9.64 Å². The summed E-state index contributed by atoms with van der Waals surface area (Å²) in [5.41, 5.74) is 1.97. The molecule has 140 valence electrons. The number of fused-ring (bicyclic) bond motifs is 1. The van der Waals surface area contributed by atoms with Crippen LogP contribution in [-0.4, -0.2) is 36.7 Å². The van der Waals surface area contributed by atoms with E-state index in [1.165, 1.54) is 12.1 Å². The predicted octanol–water partition coefficient (Wildman–Crippen LogP) is 3.36. The molecule has 7 nitrogen and oxygen atoms in total. The number of ether oxygens (including phenoxy) is 2. The summed E-state index contributed by atoms with van der Waals surface area (Å²) >= 11 is 0. The van der Waals surface area contributed by atoms with Gasteiger partial charge in [-0.3, -0.25) is 14.9 Å². The molecule has 1 unspecified atom stereocenters. The van der Waals surface area contributed by atoms with Crippen LogP contribution in [-0.2, 0) is 11.2 Å². The number of amides is 1. The van der Waals surface area contributed by atoms with E-state index in [2.05, 4.69) is 0 Å². The smallest absolute Gasteiger partial charge is 0.271 e. The van der Waals surface area contributed by atoms with Gasteiger partial charge in [0.2, 0.25) is 0 Å². The van der Waals surface area contributed by atoms with Crippen LogP contribution in [0.1, 0.15) is 28.8 Å². The van der Waals surface area contributed by atoms with Gasteiger partial charge in [-0.05, 0) is 37.0 Å². The second-order valence-electron chi connectivity index (χ2n) is 6.72. The Morgan fingerprint density at radius 1 is 1.30 bits per heavy atom. The molecule has 0 spiro atoms. The zero-order valence-corrected chi connectivity index (χ0v) is 14.8. The fraction of sp³-hybridized carbons (Fsp3) is 0.350. The van der Waals surface area contributed by atoms with Gasteiger partial charge >= 0.3 is 0 Å². The summed E-state index contributed by atoms with van der Waals surface area (Å²) in [6, 6.07) is 11.8. The van der Waals surface area contributed by atoms with E-state index < -0.39 is 4.92 Å². The Bertz CT molecular complexity index is 876. The van der Waals surface area contributed by atoms with Gasteiger partial charge in [-0.15, -0.1) is 0 Å². The minimum atomic E-state index is -0.445. The van der Waals surface area contributed by atoms with Crippen molar-refractivity contribution in [3.63, 3.8) is 0 Å². The van der Waals surface area contributed by atoms with Gasteiger partial charge in [0, 0.05) is 25.3 Å². The number of non-ortho nitro benzene ring substituents is 1. The number of hydrogen-bond donors (Lipinski definition) is 0. The molecule has 2 aromatic carbocycles. The van der Waals surface area contributed by atoms with Crippen LogP contribution in [0, 0.1) is 10.1 Å². The molecule has 4 rings (SSSR count). The second-order valence-corrected chi connectivity index (χ2v) is 6.72. The van der Waals surface area contributed by atoms with Crippen molar-refractivity contribution < 1.29 is 19.2 Å². The number of carbonyl (C=O) groups excluding carboxylic acids is 1. The van der Waals surface area contributed by atoms with Crippen molar-refractivity contribution >= 4 is 17.3 Å². The first kappa shape index (κ1) is 17.5. The lowest BCUT2D eigenvalue weighted by atomic mass is 10.1. The van der Waals surface area contributed by atoms with Crippen LogP contribution in [0.5, 0.6) is 5.75 Å². The van der Waals surface area contributed by atoms with E-state index in [1.54, 1.807) is 29.2 Å². The second kappa shape index (κ2) is 7.36. The molecule has 2 heterocycles. The SMILES string of the molecule is O=C(c1ccccc1OCC1CCCO1)N1CCc2ccc([N+](=O)[O-])cc21. The normalized spacial score (nSPS) is 18.4. The van der Waals surface area contributed by atoms with Gasteiger partial charge in [-0.2, -0.15) is 0 Å². The molecule has 1 saturated heterocycles. The van der Waals surface area contributed by atoms with E-state index in [0.29, 0.717) is 36.6 Å². The van der Waals surface area contributed by atoms with Crippen molar-refractivity contribution in [2.45, 2.75) is 25.4 Å². The Morgan fingerprint density at radius 2 is 2.15 bits per heavy atom. The number of benzene rings is 2. The highest BCUT2D eigenvalue weighted by atomic mass is 16.6. The van der Waals surface area contributed by atoms with Crippen molar-refractivity contribution in [2.24, 2.45) is 0 Å². The Labute approximate surface area is 156 Å². The van der Waals surface area contributed by atoms with Crippen molar-refractivity contribution in [3.05, 3.63) is 63.7 Å². The molecule has 7 heteroatoms. The number of nitro benzene ring substituents is 1. The molecule has 0 saturated carbocycles. The van der Waals surface area contributed by atoms with E-state index in [0.717, 1.165) is 25.0 Å². The minimum absolute atomic E-state index is 0.0173. The molecule has 1 amide bonds. The zero-order chi connectivity index (χ0) is 18.8. The fourth-order valence-corrected chi connectivity index (χ4v) is 3.57. The van der Waals surface area contributed by atoms with Crippen molar-refractivity contribution in [3.8, 4) is 5.75 Å². The number of para-hydroxylation sites is 1. The minimum Gasteiger partial charge on any atom is -0.490 e. The molecule has 2 aromatic rings. The highest BCUT2D eigenvalue weighted by molar-refractivity contribution is 6.09. The number of anilines is 1. The van der Waals surface area contributed by atoms with Crippen LogP contribution in [0.3, 0.4) is 0 Å². The standard InChI is InChI=1S/C20H20N2O5/c23-20(21-10-9-14-7-8-15(22(24)25)12-18(14)21)17-5-1-2-6-19(17)27-13-16-4-3-11-26-16/h1-2,5-8,12,16H,3-4,9-11,13H2. The molecule has 0 radical (unpaired) electrons. The first-order chi connectivity index (χ1) is 13.1. The summed E-state index contributed by atoms with van der Waals surface area (Å²) in [5, 5.41) is 11.1. The highest BCUT2D eigenvalue weighted by Crippen LogP contribution is 2.34. The van der Waals surface area contributed by atoms with E-state index in [-0.39, 0.29) is 17.7 Å². The fourth-order valence-electron chi connectivity index (χ4n) is 3.57. The molecule has 1 atom stereocenters. The van der Waals surface area contributed by atoms with Crippen molar-refractivity contribution in [1.82, 2.24) is 0 Å². The Kier molecular flexibility index (Phi) is 4.77. The van der Waals surface area contributed by atoms with Crippen LogP contribution in [0.2, 0.25) is 0 Å². The molecule has 27 heavy (non-hydrogen) atoms. The van der Waals surface area contributed by atoms with Crippen LogP contribution >= 0.6 is 0 Å². The maximum Gasteiger partial charge on any atom is 0.271 e. The van der Waals surface area contributed by atoms with Gasteiger partial charge in [-0.1, -0.05) is 18.2 Å². The lowest BCUT2D eigenvalue weighted by Crippen LogP contribution is -2.29. The third kappa shape index (κ3) is 3.50. The largest absolute Gasteiger partial charge is 0.490 e. The number of hydrogen-bond acceptors (Lipinski definition) is 5. The van der Waals surface area contributed by atoms with E-state index in [1.807, 2.05) is 6.07 Å². The molecule has 0 aliphatic carbocycles. The zero-order valence-electron chi connectivity index (χ0n) is 14.8. The van der Waals surface area contributed by atoms with Gasteiger partial charge in [0.25, 0.3) is 11.6 Å². The van der Waals surface area contributed by atoms with Crippen LogP contribution in [0.4, 0.5) is 11.4 Å². The summed E-state index contributed by atoms with van der Waals surface area (Å²) in [4.78, 5) is 25.4. The summed E-state index contributed by atoms with van der Waals surface area (Å²) < 4.78 is 11.4. The quantitative estimate of drug-likeness (QED) is 0.597. The molecule has 2 aliphatic heterocycles. The van der Waals surface area contributed by atoms with E-state index >= 15 is 0 Å². The molecule has 0 bridgehead atoms. The topological polar surface area (TPSA) is 81.9 Å². The molecular weight excluding hydrogens is 348 g/mol. The Morgan fingerprint density at radius 3 is 2.93 bits per heavy atom. The summed E-state index contributed by atoms with van der Waals surface area (Å²) in [6.45, 7) is 1.65. The lowest BCUT2D eigenvalue weighted by molar-refractivity contribution is -0.384. The monoisotopic (exact) mass is 368 g/mol. The van der Waals surface area contributed by atoms with E-state index in [9.17, 15) is 14.9 Å². The lowest BCUT2D eigenvalue weighted by Gasteiger charge is -2.20. The van der Waals surface area contributed by atoms with Gasteiger partial charge in [0.15, 0.2) is 0 Å². The summed E-state index contributed by atoms with van der Waals surface area (Å²) in [6.07, 6.45) is 2.72. The summed E-state index contributed by atoms with van der Waals surface area (Å²) in [5.74, 6) is 0.300. The molecule has 2 aliphatic rings. The maximum atomic E-state index is 13.2. The Hall–Kier alpha value is -2.93. The van der Waals surface area contributed by atoms with Crippen LogP contribution in [0.15, 0.2) is 42.5 Å². The number of nitrogens with zero attached hydrogens (tertiary/aromatic N) is 2. The number of nitro groups is 1. The predicted molar refractivity (Wildman–Crippen MR) is 99.4 cm³/mol. The third-order valence-corrected chi connectivity index (χ3v) is 4.99. The summed E-state index contributed by atoms with van der Waals surface area (Å²) in [7, 11) is 0. The van der Waals surface area contributed by atoms with Gasteiger partial charge in [0.1, 0.15) is 12.4 Å². The first-order valence-corrected chi connectivity index (χ1v) is 9.06. The number of rotatable bonds is 5. The maximum absolute atomic E-state index is 13.2. The molecular formula is C20H20N2O5. The third-order valence-electron chi connectivity index (χ3n) is 4.99. The Balaban J connectivity index is 1.57. The molecule has 0 N–H and O–H groups in total. The molecule has 0 aromatic heterocycles. The molecule has 1 fully saturated rings. The average Bonchev–Trinajstić information content (AvgIpc) is 3.35. The van der Waals surface area contributed by atoms with Gasteiger partial charge in [-0.25, -0.2) is 0 Å². The number of carbonyl (C=O) groups is 1.